The predicted octanol–water partition coefficient (Wildman–Crippen LogP) is 4.86. The Morgan fingerprint density at radius 2 is 1.75 bits per heavy atom. The lowest BCUT2D eigenvalue weighted by atomic mass is 9.87. The van der Waals surface area contributed by atoms with Gasteiger partial charge in [-0.2, -0.15) is 5.10 Å². The third kappa shape index (κ3) is 6.04. The van der Waals surface area contributed by atoms with Crippen LogP contribution < -0.4 is 10.1 Å². The third-order valence-corrected chi connectivity index (χ3v) is 9.22. The third-order valence-electron chi connectivity index (χ3n) is 9.22. The number of piperidine rings is 1. The van der Waals surface area contributed by atoms with Gasteiger partial charge in [0.05, 0.1) is 24.4 Å². The first-order valence-electron chi connectivity index (χ1n) is 15.1. The van der Waals surface area contributed by atoms with Gasteiger partial charge in [-0.25, -0.2) is 0 Å². The van der Waals surface area contributed by atoms with E-state index in [1.54, 1.807) is 0 Å². The first kappa shape index (κ1) is 27.2. The Morgan fingerprint density at radius 1 is 1.02 bits per heavy atom. The van der Waals surface area contributed by atoms with Crippen LogP contribution in [0.5, 0.6) is 5.75 Å². The molecule has 3 aliphatic rings. The topological polar surface area (TPSA) is 82.7 Å². The van der Waals surface area contributed by atoms with Crippen LogP contribution in [0.4, 0.5) is 0 Å². The van der Waals surface area contributed by atoms with Gasteiger partial charge in [-0.15, -0.1) is 0 Å². The molecule has 2 aliphatic heterocycles. The fourth-order valence-corrected chi connectivity index (χ4v) is 6.74. The van der Waals surface area contributed by atoms with Gasteiger partial charge in [-0.3, -0.25) is 14.8 Å². The highest BCUT2D eigenvalue weighted by atomic mass is 16.5. The van der Waals surface area contributed by atoms with Crippen LogP contribution in [0.3, 0.4) is 0 Å². The molecule has 0 atom stereocenters. The fraction of sp³-hybridized carbons (Fsp3) is 0.562. The van der Waals surface area contributed by atoms with E-state index in [9.17, 15) is 4.79 Å². The molecule has 0 bridgehead atoms. The number of amides is 1. The van der Waals surface area contributed by atoms with Crippen molar-refractivity contribution in [2.75, 3.05) is 53.0 Å². The minimum atomic E-state index is -0.0205. The van der Waals surface area contributed by atoms with Crippen LogP contribution in [-0.2, 0) is 4.74 Å². The Kier molecular flexibility index (Phi) is 8.37. The van der Waals surface area contributed by atoms with Gasteiger partial charge in [0.2, 0.25) is 0 Å². The van der Waals surface area contributed by atoms with E-state index in [1.807, 2.05) is 30.3 Å². The minimum absolute atomic E-state index is 0.0205. The number of H-pyrrole nitrogens is 1. The van der Waals surface area contributed by atoms with Crippen molar-refractivity contribution in [3.8, 4) is 17.0 Å². The van der Waals surface area contributed by atoms with Gasteiger partial charge in [-0.1, -0.05) is 25.7 Å². The van der Waals surface area contributed by atoms with Gasteiger partial charge in [0.15, 0.2) is 0 Å². The number of carbonyl (C=O) groups is 1. The lowest BCUT2D eigenvalue weighted by Gasteiger charge is -2.45. The first-order chi connectivity index (χ1) is 19.6. The number of nitrogens with zero attached hydrogens (tertiary/aromatic N) is 3. The normalized spacial score (nSPS) is 21.2. The zero-order valence-electron chi connectivity index (χ0n) is 23.8. The summed E-state index contributed by atoms with van der Waals surface area (Å²) in [5.74, 6) is 0.874. The molecular weight excluding hydrogens is 502 g/mol. The van der Waals surface area contributed by atoms with E-state index < -0.39 is 0 Å². The lowest BCUT2D eigenvalue weighted by molar-refractivity contribution is -0.0281. The molecule has 2 saturated heterocycles. The molecule has 1 amide bonds. The summed E-state index contributed by atoms with van der Waals surface area (Å²) < 4.78 is 11.9. The van der Waals surface area contributed by atoms with Gasteiger partial charge < -0.3 is 19.7 Å². The van der Waals surface area contributed by atoms with Crippen molar-refractivity contribution in [1.82, 2.24) is 25.3 Å². The van der Waals surface area contributed by atoms with Crippen LogP contribution in [0.2, 0.25) is 0 Å². The van der Waals surface area contributed by atoms with Crippen molar-refractivity contribution in [3.05, 3.63) is 48.0 Å². The second-order valence-electron chi connectivity index (χ2n) is 11.9. The number of likely N-dealkylation sites (tertiary alicyclic amines) is 1. The summed E-state index contributed by atoms with van der Waals surface area (Å²) >= 11 is 0. The van der Waals surface area contributed by atoms with Gasteiger partial charge >= 0.3 is 0 Å². The number of rotatable bonds is 7. The molecule has 3 heterocycles. The highest BCUT2D eigenvalue weighted by molar-refractivity contribution is 6.01. The molecule has 1 aliphatic carbocycles. The maximum absolute atomic E-state index is 13.5. The predicted molar refractivity (Wildman–Crippen MR) is 158 cm³/mol. The summed E-state index contributed by atoms with van der Waals surface area (Å²) in [7, 11) is 2.16. The SMILES string of the molecule is CN1CCC(Oc2ccc(-c3n[nH]c4ccc(C(=O)NCC5(N6CCOCC6)CCCCCC5)cc34)cc2)CC1. The smallest absolute Gasteiger partial charge is 0.251 e. The summed E-state index contributed by atoms with van der Waals surface area (Å²) in [6.07, 6.45) is 9.66. The van der Waals surface area contributed by atoms with Crippen molar-refractivity contribution in [2.45, 2.75) is 63.0 Å². The van der Waals surface area contributed by atoms with Crippen LogP contribution in [0, 0.1) is 0 Å². The zero-order chi connectivity index (χ0) is 27.4. The molecule has 214 valence electrons. The number of benzene rings is 2. The van der Waals surface area contributed by atoms with Crippen LogP contribution in [0.25, 0.3) is 22.2 Å². The molecule has 2 N–H and O–H groups in total. The molecule has 0 spiro atoms. The van der Waals surface area contributed by atoms with E-state index in [0.717, 1.165) is 93.0 Å². The van der Waals surface area contributed by atoms with Crippen molar-refractivity contribution in [1.29, 1.82) is 0 Å². The number of hydrogen-bond acceptors (Lipinski definition) is 6. The quantitative estimate of drug-likeness (QED) is 0.413. The summed E-state index contributed by atoms with van der Waals surface area (Å²) in [6, 6.07) is 14.0. The Balaban J connectivity index is 1.15. The molecule has 3 fully saturated rings. The van der Waals surface area contributed by atoms with E-state index in [1.165, 1.54) is 25.7 Å². The van der Waals surface area contributed by atoms with Crippen molar-refractivity contribution >= 4 is 16.8 Å². The number of aromatic amines is 1. The van der Waals surface area contributed by atoms with Gasteiger partial charge in [0.1, 0.15) is 11.9 Å². The van der Waals surface area contributed by atoms with Gasteiger partial charge in [0.25, 0.3) is 5.91 Å². The van der Waals surface area contributed by atoms with Crippen LogP contribution in [-0.4, -0.2) is 90.5 Å². The summed E-state index contributed by atoms with van der Waals surface area (Å²) in [4.78, 5) is 18.4. The number of aromatic nitrogens is 2. The van der Waals surface area contributed by atoms with Crippen LogP contribution in [0.1, 0.15) is 61.7 Å². The second kappa shape index (κ2) is 12.3. The molecule has 0 radical (unpaired) electrons. The average molecular weight is 546 g/mol. The molecule has 0 unspecified atom stereocenters. The zero-order valence-corrected chi connectivity index (χ0v) is 23.8. The number of fused-ring (bicyclic) bond motifs is 1. The maximum atomic E-state index is 13.5. The second-order valence-corrected chi connectivity index (χ2v) is 11.9. The Bertz CT molecular complexity index is 1270. The van der Waals surface area contributed by atoms with Crippen molar-refractivity contribution < 1.29 is 14.3 Å². The fourth-order valence-electron chi connectivity index (χ4n) is 6.74. The summed E-state index contributed by atoms with van der Waals surface area (Å²) in [5, 5.41) is 12.0. The molecule has 3 aromatic rings. The first-order valence-corrected chi connectivity index (χ1v) is 15.1. The number of hydrogen-bond donors (Lipinski definition) is 2. The van der Waals surface area contributed by atoms with Crippen LogP contribution in [0.15, 0.2) is 42.5 Å². The number of nitrogens with one attached hydrogen (secondary N) is 2. The number of carbonyl (C=O) groups excluding carboxylic acids is 1. The largest absolute Gasteiger partial charge is 0.490 e. The summed E-state index contributed by atoms with van der Waals surface area (Å²) in [5.41, 5.74) is 3.47. The maximum Gasteiger partial charge on any atom is 0.251 e. The van der Waals surface area contributed by atoms with E-state index in [4.69, 9.17) is 9.47 Å². The van der Waals surface area contributed by atoms with E-state index in [2.05, 4.69) is 44.5 Å². The Labute approximate surface area is 237 Å². The van der Waals surface area contributed by atoms with Gasteiger partial charge in [-0.05, 0) is 75.2 Å². The molecule has 1 aromatic heterocycles. The molecule has 8 nitrogen and oxygen atoms in total. The van der Waals surface area contributed by atoms with E-state index >= 15 is 0 Å². The lowest BCUT2D eigenvalue weighted by Crippen LogP contribution is -2.58. The molecule has 2 aromatic carbocycles. The molecular formula is C32H43N5O3. The standard InChI is InChI=1S/C32H43N5O3/c1-36-16-12-27(13-17-36)40-26-9-6-24(7-10-26)30-28-22-25(8-11-29(28)34-35-30)31(38)33-23-32(14-4-2-3-5-15-32)37-18-20-39-21-19-37/h6-11,22,27H,2-5,12-21,23H2,1H3,(H,33,38)(H,34,35). The van der Waals surface area contributed by atoms with Gasteiger partial charge in [0, 0.05) is 54.8 Å². The number of morpholine rings is 1. The van der Waals surface area contributed by atoms with Crippen LogP contribution >= 0.6 is 0 Å². The average Bonchev–Trinajstić information content (AvgIpc) is 3.27. The highest BCUT2D eigenvalue weighted by Crippen LogP contribution is 2.33. The Morgan fingerprint density at radius 3 is 2.48 bits per heavy atom. The number of ether oxygens (including phenoxy) is 2. The Hall–Kier alpha value is -2.94. The molecule has 6 rings (SSSR count). The summed E-state index contributed by atoms with van der Waals surface area (Å²) in [6.45, 7) is 6.28. The van der Waals surface area contributed by atoms with Crippen molar-refractivity contribution in [3.63, 3.8) is 0 Å². The molecule has 8 heteroatoms. The monoisotopic (exact) mass is 545 g/mol. The molecule has 40 heavy (non-hydrogen) atoms. The molecule has 1 saturated carbocycles. The minimum Gasteiger partial charge on any atom is -0.490 e. The van der Waals surface area contributed by atoms with Crippen molar-refractivity contribution in [2.24, 2.45) is 0 Å². The highest BCUT2D eigenvalue weighted by Gasteiger charge is 2.38. The van der Waals surface area contributed by atoms with E-state index in [0.29, 0.717) is 12.1 Å². The van der Waals surface area contributed by atoms with E-state index in [-0.39, 0.29) is 17.6 Å².